The van der Waals surface area contributed by atoms with E-state index in [9.17, 15) is 9.59 Å². The zero-order valence-electron chi connectivity index (χ0n) is 17.2. The number of hydrogen-bond acceptors (Lipinski definition) is 4. The Balaban J connectivity index is 1.58. The average Bonchev–Trinajstić information content (AvgIpc) is 3.25. The van der Waals surface area contributed by atoms with E-state index in [1.165, 1.54) is 0 Å². The molecule has 0 unspecified atom stereocenters. The van der Waals surface area contributed by atoms with Crippen molar-refractivity contribution in [1.82, 2.24) is 14.9 Å². The molecular weight excluding hydrogens is 380 g/mol. The second-order valence-corrected chi connectivity index (χ2v) is 7.10. The van der Waals surface area contributed by atoms with Gasteiger partial charge in [-0.2, -0.15) is 0 Å². The zero-order valence-corrected chi connectivity index (χ0v) is 17.2. The van der Waals surface area contributed by atoms with E-state index in [1.54, 1.807) is 61.1 Å². The number of benzene rings is 2. The number of rotatable bonds is 9. The standard InChI is InChI=1S/C23H26N4O3/c1-17(2)30-19-10-8-18(9-11-19)22(28)26-21-7-4-3-6-20(21)23(29)25-12-5-14-27-15-13-24-16-27/h3-4,6-11,13,15-17H,5,12,14H2,1-2H3,(H,25,29)(H,26,28). The largest absolute Gasteiger partial charge is 0.491 e. The molecule has 3 aromatic rings. The van der Waals surface area contributed by atoms with E-state index in [1.807, 2.05) is 24.6 Å². The predicted octanol–water partition coefficient (Wildman–Crippen LogP) is 3.74. The summed E-state index contributed by atoms with van der Waals surface area (Å²) in [5.74, 6) is 0.195. The van der Waals surface area contributed by atoms with Crippen LogP contribution in [0, 0.1) is 0 Å². The highest BCUT2D eigenvalue weighted by atomic mass is 16.5. The maximum absolute atomic E-state index is 12.6. The topological polar surface area (TPSA) is 85.2 Å². The van der Waals surface area contributed by atoms with E-state index >= 15 is 0 Å². The quantitative estimate of drug-likeness (QED) is 0.530. The van der Waals surface area contributed by atoms with Crippen molar-refractivity contribution in [3.8, 4) is 5.75 Å². The second-order valence-electron chi connectivity index (χ2n) is 7.10. The van der Waals surface area contributed by atoms with E-state index in [0.29, 0.717) is 29.1 Å². The number of imidazole rings is 1. The molecule has 1 aromatic heterocycles. The number of hydrogen-bond donors (Lipinski definition) is 2. The minimum atomic E-state index is -0.286. The maximum atomic E-state index is 12.6. The first-order valence-corrected chi connectivity index (χ1v) is 9.94. The number of carbonyl (C=O) groups is 2. The number of para-hydroxylation sites is 1. The molecule has 2 aromatic carbocycles. The molecule has 30 heavy (non-hydrogen) atoms. The summed E-state index contributed by atoms with van der Waals surface area (Å²) < 4.78 is 7.55. The molecule has 0 radical (unpaired) electrons. The molecule has 2 N–H and O–H groups in total. The number of nitrogens with zero attached hydrogens (tertiary/aromatic N) is 2. The van der Waals surface area contributed by atoms with Crippen LogP contribution in [0.1, 0.15) is 41.0 Å². The van der Waals surface area contributed by atoms with Gasteiger partial charge in [-0.15, -0.1) is 0 Å². The monoisotopic (exact) mass is 406 g/mol. The maximum Gasteiger partial charge on any atom is 0.255 e. The Morgan fingerprint density at radius 3 is 2.53 bits per heavy atom. The van der Waals surface area contributed by atoms with Gasteiger partial charge in [-0.3, -0.25) is 9.59 Å². The van der Waals surface area contributed by atoms with E-state index in [4.69, 9.17) is 4.74 Å². The number of amides is 2. The van der Waals surface area contributed by atoms with E-state index < -0.39 is 0 Å². The van der Waals surface area contributed by atoms with Crippen molar-refractivity contribution in [1.29, 1.82) is 0 Å². The van der Waals surface area contributed by atoms with Gasteiger partial charge in [0.2, 0.25) is 0 Å². The first-order chi connectivity index (χ1) is 14.5. The van der Waals surface area contributed by atoms with Gasteiger partial charge in [0.05, 0.1) is 23.7 Å². The third kappa shape index (κ3) is 5.94. The summed E-state index contributed by atoms with van der Waals surface area (Å²) in [6, 6.07) is 13.9. The Morgan fingerprint density at radius 2 is 1.83 bits per heavy atom. The molecule has 0 bridgehead atoms. The van der Waals surface area contributed by atoms with Crippen LogP contribution in [0.2, 0.25) is 0 Å². The first kappa shape index (κ1) is 21.1. The fourth-order valence-corrected chi connectivity index (χ4v) is 2.92. The number of aryl methyl sites for hydroxylation is 1. The molecule has 7 heteroatoms. The van der Waals surface area contributed by atoms with Gasteiger partial charge < -0.3 is 19.9 Å². The van der Waals surface area contributed by atoms with Crippen molar-refractivity contribution < 1.29 is 14.3 Å². The van der Waals surface area contributed by atoms with Crippen LogP contribution in [0.4, 0.5) is 5.69 Å². The third-order valence-electron chi connectivity index (χ3n) is 4.35. The Labute approximate surface area is 176 Å². The Bertz CT molecular complexity index is 966. The smallest absolute Gasteiger partial charge is 0.255 e. The lowest BCUT2D eigenvalue weighted by Gasteiger charge is -2.12. The lowest BCUT2D eigenvalue weighted by Crippen LogP contribution is -2.26. The zero-order chi connectivity index (χ0) is 21.3. The molecule has 0 fully saturated rings. The molecule has 0 aliphatic carbocycles. The Morgan fingerprint density at radius 1 is 1.07 bits per heavy atom. The van der Waals surface area contributed by atoms with Gasteiger partial charge in [0.15, 0.2) is 0 Å². The van der Waals surface area contributed by atoms with Crippen LogP contribution < -0.4 is 15.4 Å². The number of anilines is 1. The van der Waals surface area contributed by atoms with Crippen molar-refractivity contribution in [3.05, 3.63) is 78.4 Å². The molecule has 7 nitrogen and oxygen atoms in total. The fraction of sp³-hybridized carbons (Fsp3) is 0.261. The summed E-state index contributed by atoms with van der Waals surface area (Å²) in [4.78, 5) is 29.2. The summed E-state index contributed by atoms with van der Waals surface area (Å²) in [6.07, 6.45) is 6.20. The van der Waals surface area contributed by atoms with Crippen LogP contribution in [0.15, 0.2) is 67.3 Å². The highest BCUT2D eigenvalue weighted by molar-refractivity contribution is 6.09. The minimum absolute atomic E-state index is 0.0648. The minimum Gasteiger partial charge on any atom is -0.491 e. The first-order valence-electron chi connectivity index (χ1n) is 9.94. The van der Waals surface area contributed by atoms with Gasteiger partial charge in [-0.25, -0.2) is 4.98 Å². The van der Waals surface area contributed by atoms with Gasteiger partial charge >= 0.3 is 0 Å². The second kappa shape index (κ2) is 10.2. The van der Waals surface area contributed by atoms with Crippen molar-refractivity contribution in [2.45, 2.75) is 32.9 Å². The van der Waals surface area contributed by atoms with Gasteiger partial charge in [0.1, 0.15) is 5.75 Å². The molecule has 3 rings (SSSR count). The molecule has 0 spiro atoms. The molecular formula is C23H26N4O3. The summed E-state index contributed by atoms with van der Waals surface area (Å²) in [5, 5.41) is 5.73. The van der Waals surface area contributed by atoms with Crippen LogP contribution >= 0.6 is 0 Å². The average molecular weight is 406 g/mol. The van der Waals surface area contributed by atoms with Gasteiger partial charge in [0.25, 0.3) is 11.8 Å². The molecule has 0 saturated carbocycles. The predicted molar refractivity (Wildman–Crippen MR) is 116 cm³/mol. The molecule has 0 aliphatic heterocycles. The number of aromatic nitrogens is 2. The summed E-state index contributed by atoms with van der Waals surface area (Å²) in [6.45, 7) is 5.19. The molecule has 156 valence electrons. The number of carbonyl (C=O) groups excluding carboxylic acids is 2. The molecule has 2 amide bonds. The fourth-order valence-electron chi connectivity index (χ4n) is 2.92. The number of ether oxygens (including phenoxy) is 1. The van der Waals surface area contributed by atoms with E-state index in [2.05, 4.69) is 15.6 Å². The van der Waals surface area contributed by atoms with Crippen molar-refractivity contribution >= 4 is 17.5 Å². The summed E-state index contributed by atoms with van der Waals surface area (Å²) >= 11 is 0. The molecule has 1 heterocycles. The van der Waals surface area contributed by atoms with Crippen LogP contribution in [0.3, 0.4) is 0 Å². The van der Waals surface area contributed by atoms with Crippen LogP contribution in [0.5, 0.6) is 5.75 Å². The van der Waals surface area contributed by atoms with Crippen LogP contribution in [-0.2, 0) is 6.54 Å². The Kier molecular flexibility index (Phi) is 7.21. The van der Waals surface area contributed by atoms with Crippen molar-refractivity contribution in [2.75, 3.05) is 11.9 Å². The van der Waals surface area contributed by atoms with Crippen molar-refractivity contribution in [3.63, 3.8) is 0 Å². The number of nitrogens with one attached hydrogen (secondary N) is 2. The van der Waals surface area contributed by atoms with Crippen LogP contribution in [0.25, 0.3) is 0 Å². The van der Waals surface area contributed by atoms with Crippen molar-refractivity contribution in [2.24, 2.45) is 0 Å². The molecule has 0 aliphatic rings. The normalized spacial score (nSPS) is 10.6. The van der Waals surface area contributed by atoms with E-state index in [-0.39, 0.29) is 17.9 Å². The van der Waals surface area contributed by atoms with Gasteiger partial charge in [-0.1, -0.05) is 12.1 Å². The summed E-state index contributed by atoms with van der Waals surface area (Å²) in [5.41, 5.74) is 1.38. The third-order valence-corrected chi connectivity index (χ3v) is 4.35. The van der Waals surface area contributed by atoms with Gasteiger partial charge in [-0.05, 0) is 56.7 Å². The molecule has 0 atom stereocenters. The van der Waals surface area contributed by atoms with Crippen LogP contribution in [-0.4, -0.2) is 34.0 Å². The SMILES string of the molecule is CC(C)Oc1ccc(C(=O)Nc2ccccc2C(=O)NCCCn2ccnc2)cc1. The van der Waals surface area contributed by atoms with E-state index in [0.717, 1.165) is 13.0 Å². The lowest BCUT2D eigenvalue weighted by molar-refractivity contribution is 0.0953. The lowest BCUT2D eigenvalue weighted by atomic mass is 10.1. The highest BCUT2D eigenvalue weighted by Crippen LogP contribution is 2.18. The molecule has 0 saturated heterocycles. The van der Waals surface area contributed by atoms with Gasteiger partial charge in [0, 0.05) is 31.0 Å². The Hall–Kier alpha value is -3.61. The highest BCUT2D eigenvalue weighted by Gasteiger charge is 2.14. The summed E-state index contributed by atoms with van der Waals surface area (Å²) in [7, 11) is 0.